The van der Waals surface area contributed by atoms with Crippen molar-refractivity contribution in [3.05, 3.63) is 58.8 Å². The summed E-state index contributed by atoms with van der Waals surface area (Å²) >= 11 is 1.43. The van der Waals surface area contributed by atoms with Crippen LogP contribution in [-0.2, 0) is 11.3 Å². The van der Waals surface area contributed by atoms with Crippen LogP contribution in [0.3, 0.4) is 0 Å². The third-order valence-electron chi connectivity index (χ3n) is 4.45. The van der Waals surface area contributed by atoms with Gasteiger partial charge in [-0.1, -0.05) is 12.7 Å². The lowest BCUT2D eigenvalue weighted by Crippen LogP contribution is -2.36. The van der Waals surface area contributed by atoms with E-state index in [-0.39, 0.29) is 6.54 Å². The van der Waals surface area contributed by atoms with E-state index >= 15 is 0 Å². The van der Waals surface area contributed by atoms with E-state index in [1.807, 2.05) is 46.1 Å². The van der Waals surface area contributed by atoms with Crippen LogP contribution in [0.25, 0.3) is 5.57 Å². The van der Waals surface area contributed by atoms with E-state index in [2.05, 4.69) is 11.6 Å². The summed E-state index contributed by atoms with van der Waals surface area (Å²) in [6, 6.07) is 1.91. The molecule has 0 radical (unpaired) electrons. The topological polar surface area (TPSA) is 75.5 Å². The molecule has 0 fully saturated rings. The number of hydrogen-bond acceptors (Lipinski definition) is 6. The Hall–Kier alpha value is -2.93. The number of nitrogens with one attached hydrogen (secondary N) is 1. The van der Waals surface area contributed by atoms with Crippen LogP contribution in [0.15, 0.2) is 36.4 Å². The maximum Gasteiger partial charge on any atom is 0.415 e. The van der Waals surface area contributed by atoms with Gasteiger partial charge in [0.25, 0.3) is 0 Å². The summed E-state index contributed by atoms with van der Waals surface area (Å²) in [5.41, 5.74) is 4.07. The molecule has 1 amide bonds. The molecule has 0 aliphatic heterocycles. The molecule has 2 aromatic heterocycles. The van der Waals surface area contributed by atoms with Gasteiger partial charge in [-0.2, -0.15) is 0 Å². The molecule has 166 valence electrons. The number of aryl methyl sites for hydroxylation is 1. The molecule has 0 aromatic carbocycles. The van der Waals surface area contributed by atoms with Crippen molar-refractivity contribution in [1.29, 1.82) is 5.41 Å². The van der Waals surface area contributed by atoms with Crippen LogP contribution < -0.4 is 9.64 Å². The van der Waals surface area contributed by atoms with Gasteiger partial charge < -0.3 is 14.9 Å². The number of amides is 1. The molecule has 0 spiro atoms. The highest BCUT2D eigenvalue weighted by atomic mass is 32.1. The highest BCUT2D eigenvalue weighted by Gasteiger charge is 2.26. The van der Waals surface area contributed by atoms with Crippen LogP contribution in [0.1, 0.15) is 50.1 Å². The fourth-order valence-electron chi connectivity index (χ4n) is 3.04. The zero-order valence-electron chi connectivity index (χ0n) is 19.3. The largest absolute Gasteiger partial charge is 0.496 e. The number of aromatic nitrogens is 1. The maximum absolute atomic E-state index is 13.1. The van der Waals surface area contributed by atoms with Gasteiger partial charge in [0.05, 0.1) is 19.3 Å². The number of carbonyl (C=O) groups excluding carboxylic acids is 1. The molecular formula is C24H31N3O3S. The van der Waals surface area contributed by atoms with Gasteiger partial charge in [0.2, 0.25) is 0 Å². The van der Waals surface area contributed by atoms with Gasteiger partial charge in [0.15, 0.2) is 0 Å². The van der Waals surface area contributed by atoms with Gasteiger partial charge in [-0.25, -0.2) is 4.79 Å². The Morgan fingerprint density at radius 2 is 2.03 bits per heavy atom. The van der Waals surface area contributed by atoms with Crippen LogP contribution in [0.2, 0.25) is 0 Å². The van der Waals surface area contributed by atoms with Crippen molar-refractivity contribution in [1.82, 2.24) is 4.98 Å². The predicted molar refractivity (Wildman–Crippen MR) is 129 cm³/mol. The van der Waals surface area contributed by atoms with Gasteiger partial charge in [0.1, 0.15) is 16.4 Å². The Kier molecular flexibility index (Phi) is 7.79. The maximum atomic E-state index is 13.1. The van der Waals surface area contributed by atoms with Crippen LogP contribution >= 0.6 is 11.3 Å². The average molecular weight is 442 g/mol. The van der Waals surface area contributed by atoms with Crippen molar-refractivity contribution in [2.45, 2.75) is 53.7 Å². The molecule has 0 bridgehead atoms. The lowest BCUT2D eigenvalue weighted by molar-refractivity contribution is 0.0578. The number of hydrogen-bond donors (Lipinski definition) is 1. The molecule has 2 rings (SSSR count). The smallest absolute Gasteiger partial charge is 0.415 e. The van der Waals surface area contributed by atoms with Gasteiger partial charge in [-0.3, -0.25) is 9.88 Å². The first-order chi connectivity index (χ1) is 14.5. The molecule has 31 heavy (non-hydrogen) atoms. The predicted octanol–water partition coefficient (Wildman–Crippen LogP) is 6.32. The summed E-state index contributed by atoms with van der Waals surface area (Å²) in [5.74, 6) is 0.763. The summed E-state index contributed by atoms with van der Waals surface area (Å²) in [5, 5.41) is 10.4. The Morgan fingerprint density at radius 3 is 2.58 bits per heavy atom. The first-order valence-electron chi connectivity index (χ1n) is 9.94. The van der Waals surface area contributed by atoms with Crippen molar-refractivity contribution < 1.29 is 14.3 Å². The number of allylic oxidation sites excluding steroid dienone is 3. The monoisotopic (exact) mass is 441 g/mol. The number of methoxy groups -OCH3 is 1. The SMILES string of the molecule is C=C/C(=C\C(C)=N)c1csc(N(Cc2ncc(C)c(OC)c2C)C(=O)OC(C)(C)C)c1. The normalized spacial score (nSPS) is 11.8. The second kappa shape index (κ2) is 9.92. The second-order valence-corrected chi connectivity index (χ2v) is 9.16. The minimum Gasteiger partial charge on any atom is -0.496 e. The van der Waals surface area contributed by atoms with Crippen LogP contribution in [0, 0.1) is 19.3 Å². The minimum absolute atomic E-state index is 0.244. The second-order valence-electron chi connectivity index (χ2n) is 8.27. The van der Waals surface area contributed by atoms with E-state index in [0.29, 0.717) is 5.71 Å². The van der Waals surface area contributed by atoms with E-state index in [0.717, 1.165) is 38.7 Å². The van der Waals surface area contributed by atoms with Crippen molar-refractivity contribution in [3.63, 3.8) is 0 Å². The quantitative estimate of drug-likeness (QED) is 0.403. The van der Waals surface area contributed by atoms with E-state index in [9.17, 15) is 4.79 Å². The molecule has 2 aromatic rings. The first-order valence-corrected chi connectivity index (χ1v) is 10.8. The van der Waals surface area contributed by atoms with Gasteiger partial charge in [-0.15, -0.1) is 11.3 Å². The molecule has 0 aliphatic carbocycles. The van der Waals surface area contributed by atoms with Crippen LogP contribution in [0.4, 0.5) is 9.80 Å². The number of pyridine rings is 1. The highest BCUT2D eigenvalue weighted by molar-refractivity contribution is 7.14. The third kappa shape index (κ3) is 6.28. The Morgan fingerprint density at radius 1 is 1.35 bits per heavy atom. The number of carbonyl (C=O) groups is 1. The molecule has 0 aliphatic rings. The van der Waals surface area contributed by atoms with Gasteiger partial charge >= 0.3 is 6.09 Å². The van der Waals surface area contributed by atoms with Gasteiger partial charge in [-0.05, 0) is 64.8 Å². The lowest BCUT2D eigenvalue weighted by atomic mass is 10.1. The standard InChI is InChI=1S/C24H31N3O3S/c1-9-18(10-16(3)25)19-11-21(31-14-19)27(23(28)30-24(5,6)7)13-20-17(4)22(29-8)15(2)12-26-20/h9-12,14,25H,1,13H2,2-8H3/b18-10+,25-16?. The van der Waals surface area contributed by atoms with Crippen molar-refractivity contribution in [2.75, 3.05) is 12.0 Å². The zero-order valence-corrected chi connectivity index (χ0v) is 20.1. The molecular weight excluding hydrogens is 410 g/mol. The Balaban J connectivity index is 2.49. The number of thiophene rings is 1. The van der Waals surface area contributed by atoms with Gasteiger partial charge in [0, 0.05) is 28.4 Å². The number of nitrogens with zero attached hydrogens (tertiary/aromatic N) is 2. The fourth-order valence-corrected chi connectivity index (χ4v) is 3.95. The Bertz CT molecular complexity index is 1020. The van der Waals surface area contributed by atoms with Crippen molar-refractivity contribution in [3.8, 4) is 5.75 Å². The molecule has 0 atom stereocenters. The van der Waals surface area contributed by atoms with E-state index in [4.69, 9.17) is 14.9 Å². The number of ether oxygens (including phenoxy) is 2. The van der Waals surface area contributed by atoms with Crippen LogP contribution in [-0.4, -0.2) is 29.5 Å². The summed E-state index contributed by atoms with van der Waals surface area (Å²) in [6.07, 6.45) is 4.75. The lowest BCUT2D eigenvalue weighted by Gasteiger charge is -2.27. The molecule has 0 unspecified atom stereocenters. The van der Waals surface area contributed by atoms with Crippen molar-refractivity contribution in [2.24, 2.45) is 0 Å². The van der Waals surface area contributed by atoms with E-state index in [1.54, 1.807) is 37.3 Å². The summed E-state index contributed by atoms with van der Waals surface area (Å²) in [4.78, 5) is 19.2. The van der Waals surface area contributed by atoms with Crippen molar-refractivity contribution >= 4 is 33.7 Å². The fraction of sp³-hybridized carbons (Fsp3) is 0.375. The average Bonchev–Trinajstić information content (AvgIpc) is 3.13. The minimum atomic E-state index is -0.633. The Labute approximate surface area is 188 Å². The summed E-state index contributed by atoms with van der Waals surface area (Å²) < 4.78 is 11.2. The number of anilines is 1. The summed E-state index contributed by atoms with van der Waals surface area (Å²) in [7, 11) is 1.63. The molecule has 7 heteroatoms. The first kappa shape index (κ1) is 24.3. The molecule has 0 saturated carbocycles. The van der Waals surface area contributed by atoms with E-state index in [1.165, 1.54) is 11.3 Å². The molecule has 6 nitrogen and oxygen atoms in total. The zero-order chi connectivity index (χ0) is 23.3. The summed E-state index contributed by atoms with van der Waals surface area (Å²) in [6.45, 7) is 15.2. The number of rotatable bonds is 7. The molecule has 2 heterocycles. The molecule has 1 N–H and O–H groups in total. The highest BCUT2D eigenvalue weighted by Crippen LogP contribution is 2.33. The van der Waals surface area contributed by atoms with E-state index < -0.39 is 11.7 Å². The third-order valence-corrected chi connectivity index (χ3v) is 5.40. The van der Waals surface area contributed by atoms with Crippen LogP contribution in [0.5, 0.6) is 5.75 Å². The molecule has 0 saturated heterocycles.